The van der Waals surface area contributed by atoms with Gasteiger partial charge in [0.15, 0.2) is 0 Å². The average Bonchev–Trinajstić information content (AvgIpc) is 2.05. The second-order valence-corrected chi connectivity index (χ2v) is 3.26. The third kappa shape index (κ3) is 2.70. The Balaban J connectivity index is 2.21. The van der Waals surface area contributed by atoms with Gasteiger partial charge in [0.05, 0.1) is 0 Å². The van der Waals surface area contributed by atoms with Crippen LogP contribution in [0.25, 0.3) is 0 Å². The van der Waals surface area contributed by atoms with E-state index in [1.807, 2.05) is 0 Å². The van der Waals surface area contributed by atoms with Gasteiger partial charge in [-0.25, -0.2) is 4.79 Å². The highest BCUT2D eigenvalue weighted by molar-refractivity contribution is 5.57. The molecule has 0 aromatic heterocycles. The maximum absolute atomic E-state index is 10.2. The van der Waals surface area contributed by atoms with Crippen molar-refractivity contribution in [3.05, 3.63) is 0 Å². The number of rotatable bonds is 2. The molecule has 0 spiro atoms. The summed E-state index contributed by atoms with van der Waals surface area (Å²) in [5, 5.41) is 8.34. The van der Waals surface area contributed by atoms with Crippen molar-refractivity contribution >= 4 is 6.16 Å². The Bertz CT molecular complexity index is 152. The van der Waals surface area contributed by atoms with Gasteiger partial charge in [0.2, 0.25) is 0 Å². The fourth-order valence-electron chi connectivity index (χ4n) is 1.63. The van der Waals surface area contributed by atoms with Gasteiger partial charge in [-0.3, -0.25) is 0 Å². The van der Waals surface area contributed by atoms with Crippen molar-refractivity contribution in [3.8, 4) is 0 Å². The Morgan fingerprint density at radius 3 is 2.42 bits per heavy atom. The third-order valence-corrected chi connectivity index (χ3v) is 2.39. The summed E-state index contributed by atoms with van der Waals surface area (Å²) >= 11 is 0. The molecule has 0 heterocycles. The van der Waals surface area contributed by atoms with Crippen molar-refractivity contribution in [2.24, 2.45) is 11.7 Å². The number of hydrogen-bond acceptors (Lipinski definition) is 3. The summed E-state index contributed by atoms with van der Waals surface area (Å²) in [6, 6.07) is 0. The normalized spacial score (nSPS) is 29.8. The van der Waals surface area contributed by atoms with Crippen LogP contribution in [0.3, 0.4) is 0 Å². The molecule has 0 bridgehead atoms. The fraction of sp³-hybridized carbons (Fsp3) is 0.875. The van der Waals surface area contributed by atoms with Crippen LogP contribution in [-0.4, -0.2) is 23.9 Å². The molecule has 0 aromatic carbocycles. The quantitative estimate of drug-likeness (QED) is 0.615. The highest BCUT2D eigenvalue weighted by Crippen LogP contribution is 2.25. The summed E-state index contributed by atoms with van der Waals surface area (Å²) in [6.45, 7) is 0.708. The van der Waals surface area contributed by atoms with E-state index in [0.717, 1.165) is 25.7 Å². The molecule has 0 radical (unpaired) electrons. The van der Waals surface area contributed by atoms with Gasteiger partial charge in [-0.15, -0.1) is 0 Å². The molecule has 0 aromatic rings. The highest BCUT2D eigenvalue weighted by Gasteiger charge is 2.22. The number of ether oxygens (including phenoxy) is 1. The second kappa shape index (κ2) is 4.30. The predicted octanol–water partition coefficient (Wildman–Crippen LogP) is 1.20. The molecule has 0 saturated heterocycles. The summed E-state index contributed by atoms with van der Waals surface area (Å²) in [5.41, 5.74) is 5.49. The van der Waals surface area contributed by atoms with Crippen LogP contribution in [0.4, 0.5) is 4.79 Å². The molecule has 3 N–H and O–H groups in total. The first-order valence-electron chi connectivity index (χ1n) is 4.32. The van der Waals surface area contributed by atoms with Crippen molar-refractivity contribution in [2.75, 3.05) is 6.54 Å². The van der Waals surface area contributed by atoms with E-state index < -0.39 is 6.16 Å². The van der Waals surface area contributed by atoms with Crippen LogP contribution in [0.5, 0.6) is 0 Å². The monoisotopic (exact) mass is 173 g/mol. The molecule has 4 heteroatoms. The molecule has 1 saturated carbocycles. The third-order valence-electron chi connectivity index (χ3n) is 2.39. The van der Waals surface area contributed by atoms with E-state index in [2.05, 4.69) is 4.74 Å². The maximum atomic E-state index is 10.2. The van der Waals surface area contributed by atoms with Gasteiger partial charge in [0.25, 0.3) is 0 Å². The summed E-state index contributed by atoms with van der Waals surface area (Å²) in [4.78, 5) is 10.2. The Hall–Kier alpha value is -0.770. The lowest BCUT2D eigenvalue weighted by atomic mass is 9.87. The summed E-state index contributed by atoms with van der Waals surface area (Å²) in [6.07, 6.45) is 2.39. The van der Waals surface area contributed by atoms with E-state index in [1.54, 1.807) is 0 Å². The molecular weight excluding hydrogens is 158 g/mol. The number of hydrogen-bond donors (Lipinski definition) is 2. The van der Waals surface area contributed by atoms with Crippen molar-refractivity contribution in [1.82, 2.24) is 0 Å². The molecule has 0 unspecified atom stereocenters. The smallest absolute Gasteiger partial charge is 0.450 e. The minimum atomic E-state index is -1.16. The Labute approximate surface area is 71.7 Å². The van der Waals surface area contributed by atoms with Gasteiger partial charge in [0.1, 0.15) is 6.10 Å². The number of carbonyl (C=O) groups is 1. The molecule has 1 rings (SSSR count). The van der Waals surface area contributed by atoms with E-state index in [9.17, 15) is 4.79 Å². The number of nitrogens with two attached hydrogens (primary N) is 1. The summed E-state index contributed by atoms with van der Waals surface area (Å²) in [5.74, 6) is 0.568. The summed E-state index contributed by atoms with van der Waals surface area (Å²) < 4.78 is 4.66. The molecule has 0 aliphatic heterocycles. The predicted molar refractivity (Wildman–Crippen MR) is 43.9 cm³/mol. The first-order valence-corrected chi connectivity index (χ1v) is 4.32. The lowest BCUT2D eigenvalue weighted by molar-refractivity contribution is 0.0290. The van der Waals surface area contributed by atoms with E-state index in [0.29, 0.717) is 12.5 Å². The molecule has 1 aliphatic rings. The zero-order valence-electron chi connectivity index (χ0n) is 7.03. The van der Waals surface area contributed by atoms with Crippen LogP contribution in [-0.2, 0) is 4.74 Å². The van der Waals surface area contributed by atoms with Crippen LogP contribution in [0.15, 0.2) is 0 Å². The zero-order valence-corrected chi connectivity index (χ0v) is 7.03. The molecule has 0 atom stereocenters. The molecule has 4 nitrogen and oxygen atoms in total. The SMILES string of the molecule is NCC1CCC(OC(=O)O)CC1. The topological polar surface area (TPSA) is 72.5 Å². The van der Waals surface area contributed by atoms with Crippen molar-refractivity contribution in [1.29, 1.82) is 0 Å². The van der Waals surface area contributed by atoms with Crippen LogP contribution in [0.2, 0.25) is 0 Å². The van der Waals surface area contributed by atoms with E-state index in [4.69, 9.17) is 10.8 Å². The first-order chi connectivity index (χ1) is 5.72. The van der Waals surface area contributed by atoms with Gasteiger partial charge < -0.3 is 15.6 Å². The summed E-state index contributed by atoms with van der Waals surface area (Å²) in [7, 11) is 0. The fourth-order valence-corrected chi connectivity index (χ4v) is 1.63. The zero-order chi connectivity index (χ0) is 8.97. The molecule has 12 heavy (non-hydrogen) atoms. The van der Waals surface area contributed by atoms with Crippen molar-refractivity contribution < 1.29 is 14.6 Å². The van der Waals surface area contributed by atoms with E-state index in [1.165, 1.54) is 0 Å². The van der Waals surface area contributed by atoms with Crippen molar-refractivity contribution in [2.45, 2.75) is 31.8 Å². The minimum absolute atomic E-state index is 0.0923. The van der Waals surface area contributed by atoms with Gasteiger partial charge in [0, 0.05) is 0 Å². The molecule has 70 valence electrons. The maximum Gasteiger partial charge on any atom is 0.506 e. The van der Waals surface area contributed by atoms with Crippen LogP contribution in [0, 0.1) is 5.92 Å². The number of carboxylic acid groups (broad SMARTS) is 1. The minimum Gasteiger partial charge on any atom is -0.450 e. The van der Waals surface area contributed by atoms with E-state index >= 15 is 0 Å². The molecule has 1 aliphatic carbocycles. The molecular formula is C8H15NO3. The molecule has 1 fully saturated rings. The van der Waals surface area contributed by atoms with Gasteiger partial charge >= 0.3 is 6.16 Å². The largest absolute Gasteiger partial charge is 0.506 e. The van der Waals surface area contributed by atoms with Crippen LogP contribution in [0.1, 0.15) is 25.7 Å². The van der Waals surface area contributed by atoms with Crippen molar-refractivity contribution in [3.63, 3.8) is 0 Å². The Morgan fingerprint density at radius 1 is 1.42 bits per heavy atom. The van der Waals surface area contributed by atoms with Crippen LogP contribution < -0.4 is 5.73 Å². The lowest BCUT2D eigenvalue weighted by Gasteiger charge is -2.26. The Kier molecular flexibility index (Phi) is 3.34. The van der Waals surface area contributed by atoms with Gasteiger partial charge in [-0.05, 0) is 38.1 Å². The highest BCUT2D eigenvalue weighted by atomic mass is 16.7. The van der Waals surface area contributed by atoms with Crippen LogP contribution >= 0.6 is 0 Å². The van der Waals surface area contributed by atoms with E-state index in [-0.39, 0.29) is 6.10 Å². The van der Waals surface area contributed by atoms with Gasteiger partial charge in [-0.2, -0.15) is 0 Å². The first kappa shape index (κ1) is 9.32. The second-order valence-electron chi connectivity index (χ2n) is 3.26. The molecule has 0 amide bonds. The standard InChI is InChI=1S/C8H15NO3/c9-5-6-1-3-7(4-2-6)12-8(10)11/h6-7H,1-5,9H2,(H,10,11). The van der Waals surface area contributed by atoms with Gasteiger partial charge in [-0.1, -0.05) is 0 Å². The average molecular weight is 173 g/mol. The lowest BCUT2D eigenvalue weighted by Crippen LogP contribution is -2.27. The Morgan fingerprint density at radius 2 is 2.00 bits per heavy atom.